The number of ether oxygens (including phenoxy) is 1. The number of nitrogens with zero attached hydrogens (tertiary/aromatic N) is 1. The van der Waals surface area contributed by atoms with E-state index in [1.54, 1.807) is 13.2 Å². The van der Waals surface area contributed by atoms with E-state index in [1.807, 2.05) is 12.1 Å². The summed E-state index contributed by atoms with van der Waals surface area (Å²) in [7, 11) is -2.06. The summed E-state index contributed by atoms with van der Waals surface area (Å²) >= 11 is 0. The molecular formula is C19H20N2O3S. The molecule has 1 heterocycles. The lowest BCUT2D eigenvalue weighted by atomic mass is 9.98. The molecule has 4 rings (SSSR count). The van der Waals surface area contributed by atoms with Crippen molar-refractivity contribution in [2.24, 2.45) is 10.6 Å². The van der Waals surface area contributed by atoms with E-state index in [0.29, 0.717) is 5.41 Å². The molecule has 25 heavy (non-hydrogen) atoms. The van der Waals surface area contributed by atoms with Crippen LogP contribution in [0.2, 0.25) is 0 Å². The van der Waals surface area contributed by atoms with Crippen LogP contribution in [-0.2, 0) is 10.0 Å². The molecule has 2 N–H and O–H groups in total. The van der Waals surface area contributed by atoms with Crippen LogP contribution in [0.25, 0.3) is 11.1 Å². The van der Waals surface area contributed by atoms with Crippen molar-refractivity contribution in [3.8, 4) is 5.75 Å². The van der Waals surface area contributed by atoms with E-state index in [2.05, 4.69) is 17.1 Å². The molecule has 130 valence electrons. The number of pyridine rings is 1. The summed E-state index contributed by atoms with van der Waals surface area (Å²) in [6.45, 7) is 0. The summed E-state index contributed by atoms with van der Waals surface area (Å²) in [4.78, 5) is 4.43. The van der Waals surface area contributed by atoms with Crippen molar-refractivity contribution < 1.29 is 13.2 Å². The van der Waals surface area contributed by atoms with Gasteiger partial charge in [0, 0.05) is 6.20 Å². The topological polar surface area (TPSA) is 82.3 Å². The minimum Gasteiger partial charge on any atom is -0.497 e. The molecule has 0 bridgehead atoms. The summed E-state index contributed by atoms with van der Waals surface area (Å²) in [5.74, 6) is 0.834. The first kappa shape index (κ1) is 16.3. The van der Waals surface area contributed by atoms with Crippen LogP contribution in [0.15, 0.2) is 47.5 Å². The summed E-state index contributed by atoms with van der Waals surface area (Å²) in [5, 5.41) is 5.17. The molecule has 2 aliphatic carbocycles. The van der Waals surface area contributed by atoms with E-state index in [-0.39, 0.29) is 4.90 Å². The number of benzene rings is 1. The summed E-state index contributed by atoms with van der Waals surface area (Å²) in [5.41, 5.74) is 4.91. The van der Waals surface area contributed by atoms with Crippen LogP contribution >= 0.6 is 0 Å². The van der Waals surface area contributed by atoms with Crippen LogP contribution in [0.5, 0.6) is 5.75 Å². The second-order valence-corrected chi connectivity index (χ2v) is 8.52. The zero-order valence-corrected chi connectivity index (χ0v) is 14.8. The van der Waals surface area contributed by atoms with Crippen molar-refractivity contribution in [3.05, 3.63) is 53.9 Å². The van der Waals surface area contributed by atoms with E-state index < -0.39 is 10.0 Å². The third-order valence-corrected chi connectivity index (χ3v) is 6.14. The van der Waals surface area contributed by atoms with Crippen LogP contribution in [0, 0.1) is 5.41 Å². The molecule has 0 aliphatic heterocycles. The largest absolute Gasteiger partial charge is 0.497 e. The van der Waals surface area contributed by atoms with Crippen molar-refractivity contribution in [1.82, 2.24) is 4.98 Å². The Balaban J connectivity index is 1.75. The van der Waals surface area contributed by atoms with Gasteiger partial charge in [0.2, 0.25) is 10.0 Å². The molecule has 2 aliphatic rings. The minimum atomic E-state index is -3.72. The molecule has 5 nitrogen and oxygen atoms in total. The van der Waals surface area contributed by atoms with Crippen LogP contribution in [-0.4, -0.2) is 20.5 Å². The number of primary sulfonamides is 1. The van der Waals surface area contributed by atoms with Gasteiger partial charge in [-0.05, 0) is 72.1 Å². The second-order valence-electron chi connectivity index (χ2n) is 6.96. The molecule has 1 aromatic heterocycles. The fourth-order valence-electron chi connectivity index (χ4n) is 3.60. The van der Waals surface area contributed by atoms with E-state index in [9.17, 15) is 8.42 Å². The second kappa shape index (κ2) is 5.68. The summed E-state index contributed by atoms with van der Waals surface area (Å²) < 4.78 is 28.1. The Morgan fingerprint density at radius 1 is 1.04 bits per heavy atom. The number of methoxy groups -OCH3 is 1. The van der Waals surface area contributed by atoms with Gasteiger partial charge in [-0.3, -0.25) is 4.98 Å². The van der Waals surface area contributed by atoms with E-state index in [4.69, 9.17) is 9.88 Å². The Morgan fingerprint density at radius 3 is 2.24 bits per heavy atom. The molecule has 1 fully saturated rings. The van der Waals surface area contributed by atoms with Gasteiger partial charge in [-0.1, -0.05) is 12.1 Å². The molecule has 1 aromatic carbocycles. The van der Waals surface area contributed by atoms with Crippen molar-refractivity contribution >= 4 is 21.2 Å². The number of hydrogen-bond donors (Lipinski definition) is 1. The van der Waals surface area contributed by atoms with Gasteiger partial charge in [-0.15, -0.1) is 0 Å². The van der Waals surface area contributed by atoms with Gasteiger partial charge >= 0.3 is 0 Å². The minimum absolute atomic E-state index is 0.0435. The SMILES string of the molecule is COc1ccc(C2=C(c3ccc(S(N)(=O)=O)cn3)CC3(CC3)C2)cc1. The van der Waals surface area contributed by atoms with E-state index >= 15 is 0 Å². The van der Waals surface area contributed by atoms with Gasteiger partial charge in [0.05, 0.1) is 12.8 Å². The molecule has 0 unspecified atom stereocenters. The molecule has 1 saturated carbocycles. The Kier molecular flexibility index (Phi) is 3.70. The first-order chi connectivity index (χ1) is 11.9. The maximum absolute atomic E-state index is 11.4. The van der Waals surface area contributed by atoms with E-state index in [1.165, 1.54) is 41.8 Å². The highest BCUT2D eigenvalue weighted by Gasteiger charge is 2.48. The maximum atomic E-state index is 11.4. The standard InChI is InChI=1S/C19H20N2O3S/c1-24-14-4-2-13(3-5-14)16-10-19(8-9-19)11-17(16)18-7-6-15(12-21-18)25(20,22)23/h2-7,12H,8-11H2,1H3,(H2,20,22,23). The third-order valence-electron chi connectivity index (χ3n) is 5.24. The molecule has 6 heteroatoms. The van der Waals surface area contributed by atoms with Crippen LogP contribution in [0.4, 0.5) is 0 Å². The summed E-state index contributed by atoms with van der Waals surface area (Å²) in [6.07, 6.45) is 5.88. The predicted molar refractivity (Wildman–Crippen MR) is 96.3 cm³/mol. The number of aromatic nitrogens is 1. The molecule has 0 atom stereocenters. The number of nitrogens with two attached hydrogens (primary N) is 1. The monoisotopic (exact) mass is 356 g/mol. The van der Waals surface area contributed by atoms with Crippen LogP contribution in [0.3, 0.4) is 0 Å². The number of rotatable bonds is 4. The number of hydrogen-bond acceptors (Lipinski definition) is 4. The van der Waals surface area contributed by atoms with Gasteiger partial charge in [0.25, 0.3) is 0 Å². The molecule has 1 spiro atoms. The van der Waals surface area contributed by atoms with Gasteiger partial charge < -0.3 is 4.74 Å². The number of allylic oxidation sites excluding steroid dienone is 2. The average molecular weight is 356 g/mol. The first-order valence-corrected chi connectivity index (χ1v) is 9.81. The molecule has 0 amide bonds. The lowest BCUT2D eigenvalue weighted by molar-refractivity contribution is 0.415. The molecule has 0 saturated heterocycles. The highest BCUT2D eigenvalue weighted by atomic mass is 32.2. The smallest absolute Gasteiger partial charge is 0.239 e. The van der Waals surface area contributed by atoms with Crippen LogP contribution < -0.4 is 9.88 Å². The fraction of sp³-hybridized carbons (Fsp3) is 0.316. The fourth-order valence-corrected chi connectivity index (χ4v) is 4.05. The Morgan fingerprint density at radius 2 is 1.72 bits per heavy atom. The lowest BCUT2D eigenvalue weighted by Crippen LogP contribution is -2.12. The van der Waals surface area contributed by atoms with Crippen molar-refractivity contribution in [2.75, 3.05) is 7.11 Å². The Bertz CT molecular complexity index is 941. The van der Waals surface area contributed by atoms with Crippen molar-refractivity contribution in [3.63, 3.8) is 0 Å². The number of sulfonamides is 1. The van der Waals surface area contributed by atoms with Gasteiger partial charge in [-0.25, -0.2) is 13.6 Å². The van der Waals surface area contributed by atoms with E-state index in [0.717, 1.165) is 24.3 Å². The van der Waals surface area contributed by atoms with Gasteiger partial charge in [0.1, 0.15) is 10.6 Å². The molecular weight excluding hydrogens is 336 g/mol. The zero-order valence-electron chi connectivity index (χ0n) is 14.0. The lowest BCUT2D eigenvalue weighted by Gasteiger charge is -2.09. The molecule has 2 aromatic rings. The predicted octanol–water partition coefficient (Wildman–Crippen LogP) is 3.22. The molecule has 0 radical (unpaired) electrons. The normalized spacial score (nSPS) is 18.6. The van der Waals surface area contributed by atoms with Crippen LogP contribution in [0.1, 0.15) is 36.9 Å². The Hall–Kier alpha value is -2.18. The highest BCUT2D eigenvalue weighted by Crippen LogP contribution is 2.63. The quantitative estimate of drug-likeness (QED) is 0.912. The zero-order chi connectivity index (χ0) is 17.7. The Labute approximate surface area is 147 Å². The van der Waals surface area contributed by atoms with Gasteiger partial charge in [-0.2, -0.15) is 0 Å². The average Bonchev–Trinajstić information content (AvgIpc) is 3.25. The summed E-state index contributed by atoms with van der Waals surface area (Å²) in [6, 6.07) is 11.4. The highest BCUT2D eigenvalue weighted by molar-refractivity contribution is 7.89. The van der Waals surface area contributed by atoms with Crippen molar-refractivity contribution in [1.29, 1.82) is 0 Å². The van der Waals surface area contributed by atoms with Crippen molar-refractivity contribution in [2.45, 2.75) is 30.6 Å². The first-order valence-electron chi connectivity index (χ1n) is 8.26. The third kappa shape index (κ3) is 3.07. The van der Waals surface area contributed by atoms with Gasteiger partial charge in [0.15, 0.2) is 0 Å². The maximum Gasteiger partial charge on any atom is 0.239 e.